The first-order chi connectivity index (χ1) is 17.6. The van der Waals surface area contributed by atoms with Crippen molar-refractivity contribution in [3.05, 3.63) is 42.6 Å². The van der Waals surface area contributed by atoms with Crippen molar-refractivity contribution in [1.29, 1.82) is 0 Å². The summed E-state index contributed by atoms with van der Waals surface area (Å²) in [6, 6.07) is 11.9. The van der Waals surface area contributed by atoms with Crippen LogP contribution in [-0.4, -0.2) is 67.0 Å². The lowest BCUT2D eigenvalue weighted by molar-refractivity contribution is -0.119. The minimum absolute atomic E-state index is 0.153. The lowest BCUT2D eigenvalue weighted by Crippen LogP contribution is -2.38. The predicted octanol–water partition coefficient (Wildman–Crippen LogP) is 3.17. The van der Waals surface area contributed by atoms with Crippen LogP contribution in [0.1, 0.15) is 27.7 Å². The molecule has 5 rings (SSSR count). The van der Waals surface area contributed by atoms with Gasteiger partial charge in [-0.1, -0.05) is 12.1 Å². The van der Waals surface area contributed by atoms with Crippen LogP contribution >= 0.6 is 0 Å². The molecular formula is C27H33N5O5. The van der Waals surface area contributed by atoms with Gasteiger partial charge in [0.15, 0.2) is 0 Å². The molecule has 37 heavy (non-hydrogen) atoms. The van der Waals surface area contributed by atoms with Crippen molar-refractivity contribution < 1.29 is 23.9 Å². The van der Waals surface area contributed by atoms with Crippen LogP contribution in [-0.2, 0) is 14.3 Å². The Morgan fingerprint density at radius 1 is 1.05 bits per heavy atom. The second-order valence-electron chi connectivity index (χ2n) is 10.9. The van der Waals surface area contributed by atoms with E-state index in [1.165, 1.54) is 6.92 Å². The molecule has 2 N–H and O–H groups in total. The van der Waals surface area contributed by atoms with Crippen LogP contribution < -0.4 is 20.4 Å². The number of benzene rings is 1. The SMILES string of the molecule is CC(=O)NC[C@H]1CN(c2ccc(-c3ccc(N4C[C@@H]5[C@H](C4)[C@H]5NC(=O)OC(C)(C)C)nc3)cc2)C(=O)O1. The van der Waals surface area contributed by atoms with Gasteiger partial charge in [-0.3, -0.25) is 9.69 Å². The molecule has 1 aromatic heterocycles. The first-order valence-electron chi connectivity index (χ1n) is 12.6. The lowest BCUT2D eigenvalue weighted by Gasteiger charge is -2.23. The van der Waals surface area contributed by atoms with Gasteiger partial charge in [-0.2, -0.15) is 0 Å². The molecular weight excluding hydrogens is 474 g/mol. The molecule has 196 valence electrons. The fourth-order valence-corrected chi connectivity index (χ4v) is 5.05. The number of anilines is 2. The highest BCUT2D eigenvalue weighted by Crippen LogP contribution is 2.46. The van der Waals surface area contributed by atoms with Gasteiger partial charge >= 0.3 is 12.2 Å². The van der Waals surface area contributed by atoms with Crippen molar-refractivity contribution in [2.75, 3.05) is 36.0 Å². The van der Waals surface area contributed by atoms with Crippen LogP contribution in [0.2, 0.25) is 0 Å². The summed E-state index contributed by atoms with van der Waals surface area (Å²) in [5.74, 6) is 1.63. The predicted molar refractivity (Wildman–Crippen MR) is 138 cm³/mol. The number of hydrogen-bond acceptors (Lipinski definition) is 7. The van der Waals surface area contributed by atoms with E-state index in [4.69, 9.17) is 9.47 Å². The fraction of sp³-hybridized carbons (Fsp3) is 0.481. The quantitative estimate of drug-likeness (QED) is 0.618. The average molecular weight is 508 g/mol. The lowest BCUT2D eigenvalue weighted by atomic mass is 10.1. The highest BCUT2D eigenvalue weighted by molar-refractivity contribution is 5.90. The Hall–Kier alpha value is -3.82. The first-order valence-corrected chi connectivity index (χ1v) is 12.6. The summed E-state index contributed by atoms with van der Waals surface area (Å²) >= 11 is 0. The summed E-state index contributed by atoms with van der Waals surface area (Å²) in [5, 5.41) is 5.68. The number of nitrogens with zero attached hydrogens (tertiary/aromatic N) is 3. The third kappa shape index (κ3) is 5.63. The summed E-state index contributed by atoms with van der Waals surface area (Å²) < 4.78 is 10.7. The number of nitrogens with one attached hydrogen (secondary N) is 2. The Balaban J connectivity index is 1.14. The molecule has 2 saturated heterocycles. The number of carbonyl (C=O) groups is 3. The molecule has 10 heteroatoms. The number of cyclic esters (lactones) is 1. The second kappa shape index (κ2) is 9.57. The third-order valence-electron chi connectivity index (χ3n) is 6.91. The van der Waals surface area contributed by atoms with E-state index in [0.717, 1.165) is 35.7 Å². The second-order valence-corrected chi connectivity index (χ2v) is 10.9. The molecule has 0 bridgehead atoms. The molecule has 0 radical (unpaired) electrons. The van der Waals surface area contributed by atoms with Crippen molar-refractivity contribution in [3.63, 3.8) is 0 Å². The summed E-state index contributed by atoms with van der Waals surface area (Å²) in [5.41, 5.74) is 2.23. The zero-order chi connectivity index (χ0) is 26.3. The maximum Gasteiger partial charge on any atom is 0.414 e. The van der Waals surface area contributed by atoms with Crippen LogP contribution in [0.4, 0.5) is 21.1 Å². The number of rotatable bonds is 6. The van der Waals surface area contributed by atoms with E-state index in [1.807, 2.05) is 63.4 Å². The summed E-state index contributed by atoms with van der Waals surface area (Å²) in [6.45, 7) is 9.44. The largest absolute Gasteiger partial charge is 0.444 e. The molecule has 0 spiro atoms. The Kier molecular flexibility index (Phi) is 6.43. The number of piperidine rings is 1. The zero-order valence-corrected chi connectivity index (χ0v) is 21.6. The minimum Gasteiger partial charge on any atom is -0.444 e. The molecule has 1 aromatic carbocycles. The molecule has 1 saturated carbocycles. The van der Waals surface area contributed by atoms with Crippen LogP contribution in [0, 0.1) is 11.8 Å². The van der Waals surface area contributed by atoms with Crippen molar-refractivity contribution >= 4 is 29.6 Å². The van der Waals surface area contributed by atoms with Gasteiger partial charge in [-0.15, -0.1) is 0 Å². The molecule has 3 heterocycles. The van der Waals surface area contributed by atoms with E-state index in [9.17, 15) is 14.4 Å². The van der Waals surface area contributed by atoms with E-state index in [-0.39, 0.29) is 24.1 Å². The maximum atomic E-state index is 12.3. The number of amides is 3. The van der Waals surface area contributed by atoms with Crippen LogP contribution in [0.25, 0.3) is 11.1 Å². The normalized spacial score (nSPS) is 24.4. The number of ether oxygens (including phenoxy) is 2. The van der Waals surface area contributed by atoms with Crippen LogP contribution in [0.3, 0.4) is 0 Å². The van der Waals surface area contributed by atoms with E-state index in [1.54, 1.807) is 4.90 Å². The molecule has 10 nitrogen and oxygen atoms in total. The van der Waals surface area contributed by atoms with Crippen molar-refractivity contribution in [2.45, 2.75) is 45.4 Å². The number of pyridine rings is 1. The Morgan fingerprint density at radius 2 is 1.73 bits per heavy atom. The van der Waals surface area contributed by atoms with Crippen molar-refractivity contribution in [1.82, 2.24) is 15.6 Å². The summed E-state index contributed by atoms with van der Waals surface area (Å²) in [4.78, 5) is 43.9. The topological polar surface area (TPSA) is 113 Å². The Morgan fingerprint density at radius 3 is 2.32 bits per heavy atom. The number of aromatic nitrogens is 1. The maximum absolute atomic E-state index is 12.3. The van der Waals surface area contributed by atoms with Crippen LogP contribution in [0.5, 0.6) is 0 Å². The van der Waals surface area contributed by atoms with Crippen molar-refractivity contribution in [2.24, 2.45) is 11.8 Å². The van der Waals surface area contributed by atoms with E-state index in [2.05, 4.69) is 20.5 Å². The monoisotopic (exact) mass is 507 g/mol. The van der Waals surface area contributed by atoms with Gasteiger partial charge in [0.1, 0.15) is 17.5 Å². The van der Waals surface area contributed by atoms with E-state index >= 15 is 0 Å². The number of carbonyl (C=O) groups excluding carboxylic acids is 3. The average Bonchev–Trinajstić information content (AvgIpc) is 3.16. The molecule has 3 amide bonds. The fourth-order valence-electron chi connectivity index (χ4n) is 5.05. The Labute approximate surface area is 216 Å². The number of hydrogen-bond donors (Lipinski definition) is 2. The van der Waals surface area contributed by atoms with Gasteiger partial charge in [0.2, 0.25) is 5.91 Å². The minimum atomic E-state index is -0.496. The number of fused-ring (bicyclic) bond motifs is 1. The van der Waals surface area contributed by atoms with Crippen LogP contribution in [0.15, 0.2) is 42.6 Å². The van der Waals surface area contributed by atoms with E-state index < -0.39 is 11.7 Å². The first kappa shape index (κ1) is 24.9. The van der Waals surface area contributed by atoms with Gasteiger partial charge < -0.3 is 25.0 Å². The zero-order valence-electron chi connectivity index (χ0n) is 21.6. The third-order valence-corrected chi connectivity index (χ3v) is 6.91. The molecule has 4 atom stereocenters. The van der Waals surface area contributed by atoms with Gasteiger partial charge in [-0.25, -0.2) is 14.6 Å². The molecule has 2 aliphatic heterocycles. The van der Waals surface area contributed by atoms with Gasteiger partial charge in [0.25, 0.3) is 0 Å². The van der Waals surface area contributed by atoms with Crippen molar-refractivity contribution in [3.8, 4) is 11.1 Å². The smallest absolute Gasteiger partial charge is 0.414 e. The van der Waals surface area contributed by atoms with E-state index in [0.29, 0.717) is 24.9 Å². The molecule has 0 unspecified atom stereocenters. The molecule has 1 aliphatic carbocycles. The summed E-state index contributed by atoms with van der Waals surface area (Å²) in [6.07, 6.45) is 0.727. The van der Waals surface area contributed by atoms with Gasteiger partial charge in [0.05, 0.1) is 13.1 Å². The molecule has 3 fully saturated rings. The standard InChI is InChI=1S/C27H33N5O5/c1-16(33)28-12-20-13-32(26(35)36-20)19-8-5-17(6-9-19)18-7-10-23(29-11-18)31-14-21-22(15-31)24(21)30-25(34)37-27(2,3)4/h5-11,20-22,24H,12-15H2,1-4H3,(H,28,33)(H,30,34)/t20-,21-,22+,24+/m0/s1. The summed E-state index contributed by atoms with van der Waals surface area (Å²) in [7, 11) is 0. The molecule has 3 aliphatic rings. The number of alkyl carbamates (subject to hydrolysis) is 1. The Bertz CT molecular complexity index is 1170. The van der Waals surface area contributed by atoms with Gasteiger partial charge in [0, 0.05) is 55.3 Å². The highest BCUT2D eigenvalue weighted by Gasteiger charge is 2.57. The van der Waals surface area contributed by atoms with Gasteiger partial charge in [-0.05, 0) is 50.6 Å². The molecule has 2 aromatic rings. The highest BCUT2D eigenvalue weighted by atomic mass is 16.6.